The molecule has 0 aromatic carbocycles. The molecule has 0 bridgehead atoms. The number of hydrogen-bond acceptors (Lipinski definition) is 4. The Labute approximate surface area is 142 Å². The Bertz CT molecular complexity index is 591. The van der Waals surface area contributed by atoms with Crippen LogP contribution in [0, 0.1) is 11.8 Å². The molecule has 1 aromatic rings. The van der Waals surface area contributed by atoms with E-state index in [9.17, 15) is 9.59 Å². The van der Waals surface area contributed by atoms with Gasteiger partial charge in [-0.05, 0) is 52.7 Å². The van der Waals surface area contributed by atoms with Crippen molar-refractivity contribution in [2.75, 3.05) is 26.7 Å². The van der Waals surface area contributed by atoms with Crippen LogP contribution >= 0.6 is 27.3 Å². The van der Waals surface area contributed by atoms with Gasteiger partial charge in [0.25, 0.3) is 5.91 Å². The van der Waals surface area contributed by atoms with Crippen molar-refractivity contribution >= 4 is 39.1 Å². The number of likely N-dealkylation sites (N-methyl/N-ethyl adjacent to an activating group) is 1. The number of hydrogen-bond donors (Lipinski definition) is 1. The average molecular weight is 386 g/mol. The lowest BCUT2D eigenvalue weighted by atomic mass is 9.98. The van der Waals surface area contributed by atoms with Gasteiger partial charge in [-0.15, -0.1) is 11.3 Å². The third-order valence-electron chi connectivity index (χ3n) is 4.77. The summed E-state index contributed by atoms with van der Waals surface area (Å²) < 4.78 is 0.914. The molecule has 1 aliphatic heterocycles. The Hall–Kier alpha value is -0.920. The monoisotopic (exact) mass is 385 g/mol. The van der Waals surface area contributed by atoms with E-state index in [-0.39, 0.29) is 24.4 Å². The van der Waals surface area contributed by atoms with E-state index in [0.717, 1.165) is 29.7 Å². The lowest BCUT2D eigenvalue weighted by molar-refractivity contribution is -0.130. The highest BCUT2D eigenvalue weighted by Crippen LogP contribution is 2.37. The van der Waals surface area contributed by atoms with E-state index in [1.807, 2.05) is 11.0 Å². The molecule has 2 heterocycles. The second kappa shape index (κ2) is 6.29. The molecule has 1 aromatic heterocycles. The van der Waals surface area contributed by atoms with Crippen molar-refractivity contribution in [2.24, 2.45) is 17.6 Å². The fraction of sp³-hybridized carbons (Fsp3) is 0.600. The summed E-state index contributed by atoms with van der Waals surface area (Å²) in [6.07, 6.45) is 2.19. The Morgan fingerprint density at radius 3 is 2.82 bits per heavy atom. The highest BCUT2D eigenvalue weighted by molar-refractivity contribution is 9.11. The zero-order valence-corrected chi connectivity index (χ0v) is 14.9. The molecule has 2 amide bonds. The summed E-state index contributed by atoms with van der Waals surface area (Å²) in [4.78, 5) is 28.7. The van der Waals surface area contributed by atoms with E-state index in [0.29, 0.717) is 16.7 Å². The Morgan fingerprint density at radius 2 is 2.18 bits per heavy atom. The van der Waals surface area contributed by atoms with Crippen LogP contribution in [0.3, 0.4) is 0 Å². The minimum absolute atomic E-state index is 0.0214. The predicted octanol–water partition coefficient (Wildman–Crippen LogP) is 1.78. The van der Waals surface area contributed by atoms with Gasteiger partial charge in [-0.25, -0.2) is 0 Å². The first-order valence-electron chi connectivity index (χ1n) is 7.50. The lowest BCUT2D eigenvalue weighted by Gasteiger charge is -2.22. The number of carbonyl (C=O) groups excluding carboxylic acids is 2. The van der Waals surface area contributed by atoms with Crippen LogP contribution < -0.4 is 5.73 Å². The summed E-state index contributed by atoms with van der Waals surface area (Å²) in [6.45, 7) is 1.67. The first kappa shape index (κ1) is 16.0. The minimum atomic E-state index is -0.111. The Kier molecular flexibility index (Phi) is 4.56. The number of thiophene rings is 1. The molecule has 1 saturated heterocycles. The smallest absolute Gasteiger partial charge is 0.264 e. The van der Waals surface area contributed by atoms with Crippen molar-refractivity contribution in [2.45, 2.75) is 18.9 Å². The van der Waals surface area contributed by atoms with E-state index in [4.69, 9.17) is 5.73 Å². The molecule has 1 saturated carbocycles. The number of carbonyl (C=O) groups is 2. The zero-order valence-electron chi connectivity index (χ0n) is 12.5. The summed E-state index contributed by atoms with van der Waals surface area (Å²) in [5.41, 5.74) is 6.10. The number of halogens is 1. The van der Waals surface area contributed by atoms with E-state index in [2.05, 4.69) is 15.9 Å². The molecule has 7 heteroatoms. The number of nitrogens with two attached hydrogens (primary N) is 1. The molecule has 2 aliphatic rings. The molecule has 22 heavy (non-hydrogen) atoms. The van der Waals surface area contributed by atoms with Crippen LogP contribution in [0.15, 0.2) is 15.9 Å². The molecule has 3 unspecified atom stereocenters. The summed E-state index contributed by atoms with van der Waals surface area (Å²) in [5.74, 6) is 0.902. The SMILES string of the molecule is CN(CC(=O)N1CC2CCC(N)C2C1)C(=O)c1ccc(Br)s1. The number of nitrogens with zero attached hydrogens (tertiary/aromatic N) is 2. The van der Waals surface area contributed by atoms with Crippen LogP contribution in [-0.4, -0.2) is 54.3 Å². The summed E-state index contributed by atoms with van der Waals surface area (Å²) in [5, 5.41) is 0. The summed E-state index contributed by atoms with van der Waals surface area (Å²) in [6, 6.07) is 3.85. The van der Waals surface area contributed by atoms with Gasteiger partial charge in [0.2, 0.25) is 5.91 Å². The summed E-state index contributed by atoms with van der Waals surface area (Å²) >= 11 is 4.73. The minimum Gasteiger partial charge on any atom is -0.341 e. The first-order valence-corrected chi connectivity index (χ1v) is 9.11. The predicted molar refractivity (Wildman–Crippen MR) is 89.7 cm³/mol. The van der Waals surface area contributed by atoms with Gasteiger partial charge < -0.3 is 15.5 Å². The van der Waals surface area contributed by atoms with Gasteiger partial charge >= 0.3 is 0 Å². The van der Waals surface area contributed by atoms with Crippen LogP contribution in [0.5, 0.6) is 0 Å². The van der Waals surface area contributed by atoms with Crippen LogP contribution in [-0.2, 0) is 4.79 Å². The van der Waals surface area contributed by atoms with E-state index < -0.39 is 0 Å². The molecular formula is C15H20BrN3O2S. The topological polar surface area (TPSA) is 66.6 Å². The van der Waals surface area contributed by atoms with Crippen LogP contribution in [0.2, 0.25) is 0 Å². The lowest BCUT2D eigenvalue weighted by Crippen LogP contribution is -2.41. The molecule has 0 radical (unpaired) electrons. The number of amides is 2. The fourth-order valence-corrected chi connectivity index (χ4v) is 4.88. The molecule has 0 spiro atoms. The van der Waals surface area contributed by atoms with Crippen molar-refractivity contribution in [1.29, 1.82) is 0 Å². The number of fused-ring (bicyclic) bond motifs is 1. The van der Waals surface area contributed by atoms with Crippen LogP contribution in [0.1, 0.15) is 22.5 Å². The molecule has 2 N–H and O–H groups in total. The van der Waals surface area contributed by atoms with Crippen molar-refractivity contribution < 1.29 is 9.59 Å². The number of likely N-dealkylation sites (tertiary alicyclic amines) is 1. The maximum absolute atomic E-state index is 12.4. The molecule has 3 rings (SSSR count). The largest absolute Gasteiger partial charge is 0.341 e. The van der Waals surface area contributed by atoms with Crippen molar-refractivity contribution in [1.82, 2.24) is 9.80 Å². The van der Waals surface area contributed by atoms with E-state index >= 15 is 0 Å². The molecule has 5 nitrogen and oxygen atoms in total. The maximum atomic E-state index is 12.4. The zero-order chi connectivity index (χ0) is 15.9. The van der Waals surface area contributed by atoms with Crippen molar-refractivity contribution in [3.8, 4) is 0 Å². The van der Waals surface area contributed by atoms with Crippen LogP contribution in [0.25, 0.3) is 0 Å². The second-order valence-electron chi connectivity index (χ2n) is 6.23. The van der Waals surface area contributed by atoms with Gasteiger partial charge in [0.1, 0.15) is 0 Å². The van der Waals surface area contributed by atoms with Crippen LogP contribution in [0.4, 0.5) is 0 Å². The third-order valence-corrected chi connectivity index (χ3v) is 6.38. The van der Waals surface area contributed by atoms with Gasteiger partial charge in [0.05, 0.1) is 15.2 Å². The van der Waals surface area contributed by atoms with E-state index in [1.54, 1.807) is 13.1 Å². The molecule has 3 atom stereocenters. The average Bonchev–Trinajstić information content (AvgIpc) is 3.16. The van der Waals surface area contributed by atoms with Gasteiger partial charge in [0, 0.05) is 26.2 Å². The Morgan fingerprint density at radius 1 is 1.41 bits per heavy atom. The Balaban J connectivity index is 1.57. The van der Waals surface area contributed by atoms with Gasteiger partial charge in [0.15, 0.2) is 0 Å². The van der Waals surface area contributed by atoms with Gasteiger partial charge in [-0.2, -0.15) is 0 Å². The summed E-state index contributed by atoms with van der Waals surface area (Å²) in [7, 11) is 1.68. The molecule has 120 valence electrons. The molecule has 2 fully saturated rings. The van der Waals surface area contributed by atoms with Crippen molar-refractivity contribution in [3.63, 3.8) is 0 Å². The highest BCUT2D eigenvalue weighted by atomic mass is 79.9. The second-order valence-corrected chi connectivity index (χ2v) is 8.69. The van der Waals surface area contributed by atoms with E-state index in [1.165, 1.54) is 16.2 Å². The van der Waals surface area contributed by atoms with Crippen molar-refractivity contribution in [3.05, 3.63) is 20.8 Å². The normalized spacial score (nSPS) is 27.0. The number of rotatable bonds is 3. The van der Waals surface area contributed by atoms with Gasteiger partial charge in [-0.3, -0.25) is 9.59 Å². The third kappa shape index (κ3) is 3.07. The molecular weight excluding hydrogens is 366 g/mol. The van der Waals surface area contributed by atoms with Gasteiger partial charge in [-0.1, -0.05) is 0 Å². The maximum Gasteiger partial charge on any atom is 0.264 e. The first-order chi connectivity index (χ1) is 10.5. The standard InChI is InChI=1S/C15H20BrN3O2S/c1-18(15(21)12-4-5-13(16)22-12)8-14(20)19-6-9-2-3-11(17)10(9)7-19/h4-5,9-11H,2-3,6-8,17H2,1H3. The molecule has 1 aliphatic carbocycles. The highest BCUT2D eigenvalue weighted by Gasteiger charge is 2.42. The fourth-order valence-electron chi connectivity index (χ4n) is 3.50. The quantitative estimate of drug-likeness (QED) is 0.861.